The van der Waals surface area contributed by atoms with Crippen LogP contribution in [0.5, 0.6) is 0 Å². The number of hydrogen-bond acceptors (Lipinski definition) is 4. The van der Waals surface area contributed by atoms with Crippen LogP contribution in [-0.2, 0) is 0 Å². The topological polar surface area (TPSA) is 92.7 Å². The summed E-state index contributed by atoms with van der Waals surface area (Å²) in [5, 5.41) is 7.68. The predicted molar refractivity (Wildman–Crippen MR) is 101 cm³/mol. The molecule has 3 rings (SSSR count). The number of carbonyl (C=O) groups excluding carboxylic acids is 1. The fourth-order valence-electron chi connectivity index (χ4n) is 2.34. The lowest BCUT2D eigenvalue weighted by molar-refractivity contribution is 0.102. The third-order valence-corrected chi connectivity index (χ3v) is 4.39. The number of hydrogen-bond donors (Lipinski definition) is 2. The van der Waals surface area contributed by atoms with Crippen molar-refractivity contribution in [3.05, 3.63) is 67.2 Å². The summed E-state index contributed by atoms with van der Waals surface area (Å²) in [7, 11) is 0. The average Bonchev–Trinajstić information content (AvgIpc) is 2.94. The van der Waals surface area contributed by atoms with Crippen molar-refractivity contribution in [2.24, 2.45) is 0 Å². The summed E-state index contributed by atoms with van der Waals surface area (Å²) < 4.78 is 1.36. The second-order valence-corrected chi connectivity index (χ2v) is 6.60. The van der Waals surface area contributed by atoms with Crippen LogP contribution in [0.1, 0.15) is 27.3 Å². The van der Waals surface area contributed by atoms with E-state index in [1.165, 1.54) is 10.7 Å². The van der Waals surface area contributed by atoms with E-state index in [0.717, 1.165) is 0 Å². The lowest BCUT2D eigenvalue weighted by Gasteiger charge is -2.10. The minimum absolute atomic E-state index is 0.207. The summed E-state index contributed by atoms with van der Waals surface area (Å²) in [5.41, 5.74) is 1.70. The average molecular weight is 392 g/mol. The molecule has 0 spiro atoms. The first-order valence-corrected chi connectivity index (χ1v) is 8.43. The molecule has 0 unspecified atom stereocenters. The van der Waals surface area contributed by atoms with Crippen molar-refractivity contribution >= 4 is 34.9 Å². The molecule has 0 bridgehead atoms. The Balaban J connectivity index is 2.02. The number of aryl methyl sites for hydroxylation is 2. The van der Waals surface area contributed by atoms with E-state index in [1.54, 1.807) is 39.0 Å². The van der Waals surface area contributed by atoms with Crippen LogP contribution in [-0.4, -0.2) is 25.7 Å². The van der Waals surface area contributed by atoms with Crippen LogP contribution in [0.3, 0.4) is 0 Å². The van der Waals surface area contributed by atoms with Gasteiger partial charge >= 0.3 is 0 Å². The largest absolute Gasteiger partial charge is 0.306 e. The minimum Gasteiger partial charge on any atom is -0.306 e. The van der Waals surface area contributed by atoms with Gasteiger partial charge in [-0.2, -0.15) is 9.78 Å². The monoisotopic (exact) mass is 391 g/mol. The van der Waals surface area contributed by atoms with Crippen LogP contribution >= 0.6 is 23.2 Å². The van der Waals surface area contributed by atoms with Crippen molar-refractivity contribution in [3.63, 3.8) is 0 Å². The predicted octanol–water partition coefficient (Wildman–Crippen LogP) is 3.44. The molecule has 0 aliphatic heterocycles. The highest BCUT2D eigenvalue weighted by Gasteiger charge is 2.17. The van der Waals surface area contributed by atoms with Gasteiger partial charge in [0.05, 0.1) is 16.3 Å². The molecule has 26 heavy (non-hydrogen) atoms. The zero-order chi connectivity index (χ0) is 19.0. The van der Waals surface area contributed by atoms with Crippen LogP contribution in [0.25, 0.3) is 5.95 Å². The molecule has 7 nitrogen and oxygen atoms in total. The Morgan fingerprint density at radius 1 is 1.19 bits per heavy atom. The Morgan fingerprint density at radius 3 is 2.62 bits per heavy atom. The lowest BCUT2D eigenvalue weighted by atomic mass is 10.2. The number of anilines is 1. The van der Waals surface area contributed by atoms with Crippen LogP contribution in [0, 0.1) is 20.8 Å². The highest BCUT2D eigenvalue weighted by molar-refractivity contribution is 6.36. The van der Waals surface area contributed by atoms with Crippen LogP contribution in [0.4, 0.5) is 5.82 Å². The number of carbonyl (C=O) groups is 1. The minimum atomic E-state index is -0.454. The molecular weight excluding hydrogens is 377 g/mol. The standard InChI is InChI=1S/C17H15Cl2N5O2/c1-8-6-14(21-16(26)12-7-11(18)4-5-13(12)19)24(23-8)17-20-10(3)9(2)15(25)22-17/h4-7H,1-3H3,(H,21,26)(H,20,22,25). The summed E-state index contributed by atoms with van der Waals surface area (Å²) in [6, 6.07) is 6.27. The van der Waals surface area contributed by atoms with E-state index < -0.39 is 5.91 Å². The third kappa shape index (κ3) is 3.49. The Morgan fingerprint density at radius 2 is 1.92 bits per heavy atom. The fraction of sp³-hybridized carbons (Fsp3) is 0.176. The van der Waals surface area contributed by atoms with E-state index in [1.807, 2.05) is 0 Å². The van der Waals surface area contributed by atoms with E-state index in [-0.39, 0.29) is 22.1 Å². The normalized spacial score (nSPS) is 10.8. The number of benzene rings is 1. The number of amides is 1. The molecule has 0 saturated carbocycles. The number of nitrogens with zero attached hydrogens (tertiary/aromatic N) is 3. The summed E-state index contributed by atoms with van der Waals surface area (Å²) in [5.74, 6) is 0.0958. The summed E-state index contributed by atoms with van der Waals surface area (Å²) in [4.78, 5) is 31.6. The lowest BCUT2D eigenvalue weighted by Crippen LogP contribution is -2.21. The Labute approximate surface area is 159 Å². The van der Waals surface area contributed by atoms with Crippen LogP contribution < -0.4 is 10.9 Å². The Kier molecular flexibility index (Phi) is 4.84. The maximum absolute atomic E-state index is 12.6. The molecule has 0 aliphatic carbocycles. The summed E-state index contributed by atoms with van der Waals surface area (Å²) >= 11 is 12.0. The van der Waals surface area contributed by atoms with Crippen molar-refractivity contribution in [2.75, 3.05) is 5.32 Å². The molecule has 0 saturated heterocycles. The number of H-pyrrole nitrogens is 1. The summed E-state index contributed by atoms with van der Waals surface area (Å²) in [6.07, 6.45) is 0. The van der Waals surface area contributed by atoms with Gasteiger partial charge in [0.2, 0.25) is 5.95 Å². The molecule has 2 aromatic heterocycles. The quantitative estimate of drug-likeness (QED) is 0.714. The number of aromatic amines is 1. The molecule has 134 valence electrons. The van der Waals surface area contributed by atoms with Gasteiger partial charge in [-0.3, -0.25) is 14.6 Å². The zero-order valence-electron chi connectivity index (χ0n) is 14.2. The number of nitrogens with one attached hydrogen (secondary N) is 2. The van der Waals surface area contributed by atoms with Crippen molar-refractivity contribution in [1.29, 1.82) is 0 Å². The van der Waals surface area contributed by atoms with Crippen molar-refractivity contribution < 1.29 is 4.79 Å². The Bertz CT molecular complexity index is 1070. The van der Waals surface area contributed by atoms with Crippen LogP contribution in [0.2, 0.25) is 10.0 Å². The molecule has 0 radical (unpaired) electrons. The van der Waals surface area contributed by atoms with Gasteiger partial charge in [-0.1, -0.05) is 23.2 Å². The van der Waals surface area contributed by atoms with Gasteiger partial charge in [-0.25, -0.2) is 4.98 Å². The van der Waals surface area contributed by atoms with Gasteiger partial charge in [0, 0.05) is 22.3 Å². The molecule has 0 fully saturated rings. The first kappa shape index (κ1) is 18.2. The second kappa shape index (κ2) is 6.93. The molecular formula is C17H15Cl2N5O2. The van der Waals surface area contributed by atoms with E-state index in [4.69, 9.17) is 23.2 Å². The highest BCUT2D eigenvalue weighted by Crippen LogP contribution is 2.22. The van der Waals surface area contributed by atoms with Gasteiger partial charge in [0.15, 0.2) is 0 Å². The third-order valence-electron chi connectivity index (χ3n) is 3.83. The highest BCUT2D eigenvalue weighted by atomic mass is 35.5. The van der Waals surface area contributed by atoms with Gasteiger partial charge in [-0.05, 0) is 39.0 Å². The van der Waals surface area contributed by atoms with Gasteiger partial charge < -0.3 is 5.32 Å². The number of rotatable bonds is 3. The van der Waals surface area contributed by atoms with E-state index in [9.17, 15) is 9.59 Å². The molecule has 0 aliphatic rings. The van der Waals surface area contributed by atoms with E-state index >= 15 is 0 Å². The Hall–Kier alpha value is -2.64. The maximum atomic E-state index is 12.6. The molecule has 0 atom stereocenters. The SMILES string of the molecule is Cc1cc(NC(=O)c2cc(Cl)ccc2Cl)n(-c2nc(C)c(C)c(=O)[nH]2)n1. The molecule has 9 heteroatoms. The van der Waals surface area contributed by atoms with Gasteiger partial charge in [0.25, 0.3) is 11.5 Å². The van der Waals surface area contributed by atoms with Gasteiger partial charge in [0.1, 0.15) is 5.82 Å². The van der Waals surface area contributed by atoms with Crippen molar-refractivity contribution in [1.82, 2.24) is 19.7 Å². The zero-order valence-corrected chi connectivity index (χ0v) is 15.7. The molecule has 2 heterocycles. The van der Waals surface area contributed by atoms with E-state index in [0.29, 0.717) is 27.8 Å². The molecule has 1 aromatic carbocycles. The molecule has 1 amide bonds. The maximum Gasteiger partial charge on any atom is 0.258 e. The van der Waals surface area contributed by atoms with Gasteiger partial charge in [-0.15, -0.1) is 0 Å². The number of aromatic nitrogens is 4. The van der Waals surface area contributed by atoms with Crippen LogP contribution in [0.15, 0.2) is 29.1 Å². The second-order valence-electron chi connectivity index (χ2n) is 5.76. The van der Waals surface area contributed by atoms with E-state index in [2.05, 4.69) is 20.4 Å². The first-order valence-electron chi connectivity index (χ1n) is 7.67. The molecule has 2 N–H and O–H groups in total. The first-order chi connectivity index (χ1) is 12.3. The van der Waals surface area contributed by atoms with Crippen molar-refractivity contribution in [3.8, 4) is 5.95 Å². The van der Waals surface area contributed by atoms with Crippen molar-refractivity contribution in [2.45, 2.75) is 20.8 Å². The smallest absolute Gasteiger partial charge is 0.258 e. The fourth-order valence-corrected chi connectivity index (χ4v) is 2.71. The summed E-state index contributed by atoms with van der Waals surface area (Å²) in [6.45, 7) is 5.18. The number of halogens is 2. The molecule has 3 aromatic rings.